The third kappa shape index (κ3) is 4.74. The number of sulfonamides is 1. The highest BCUT2D eigenvalue weighted by Gasteiger charge is 2.36. The standard InChI is InChI=1S/C27H25FN2O4S2/c1-19-5-2-3-7-23(19)27-24-13-16-35-25(24)12-14-30(27)26(31)18-29(17-21-6-4-15-34-21)36(32,33)22-10-8-20(28)9-11-22/h2-11,13,15-16,27H,12,14,17-18H2,1H3. The fourth-order valence-electron chi connectivity index (χ4n) is 4.61. The van der Waals surface area contributed by atoms with Crippen LogP contribution in [0.15, 0.2) is 87.7 Å². The van der Waals surface area contributed by atoms with Gasteiger partial charge in [-0.3, -0.25) is 4.79 Å². The zero-order valence-electron chi connectivity index (χ0n) is 19.6. The van der Waals surface area contributed by atoms with E-state index in [0.717, 1.165) is 33.1 Å². The molecular weight excluding hydrogens is 499 g/mol. The van der Waals surface area contributed by atoms with Crippen molar-refractivity contribution in [1.82, 2.24) is 9.21 Å². The molecule has 0 N–H and O–H groups in total. The minimum absolute atomic E-state index is 0.0857. The van der Waals surface area contributed by atoms with Gasteiger partial charge in [0.25, 0.3) is 0 Å². The summed E-state index contributed by atoms with van der Waals surface area (Å²) in [5.74, 6) is -0.441. The molecule has 5 rings (SSSR count). The normalized spacial score (nSPS) is 15.8. The number of benzene rings is 2. The van der Waals surface area contributed by atoms with E-state index in [4.69, 9.17) is 4.42 Å². The van der Waals surface area contributed by atoms with Crippen LogP contribution in [0.4, 0.5) is 4.39 Å². The molecule has 0 aliphatic carbocycles. The third-order valence-corrected chi connectivity index (χ3v) is 9.25. The number of hydrogen-bond donors (Lipinski definition) is 0. The number of carbonyl (C=O) groups excluding carboxylic acids is 1. The van der Waals surface area contributed by atoms with Crippen LogP contribution >= 0.6 is 11.3 Å². The summed E-state index contributed by atoms with van der Waals surface area (Å²) in [5, 5.41) is 2.03. The van der Waals surface area contributed by atoms with E-state index >= 15 is 0 Å². The van der Waals surface area contributed by atoms with Crippen LogP contribution in [0.2, 0.25) is 0 Å². The quantitative estimate of drug-likeness (QED) is 0.335. The highest BCUT2D eigenvalue weighted by atomic mass is 32.2. The first-order valence-corrected chi connectivity index (χ1v) is 13.9. The number of aryl methyl sites for hydroxylation is 1. The molecular formula is C27H25FN2O4S2. The molecule has 186 valence electrons. The van der Waals surface area contributed by atoms with Crippen LogP contribution < -0.4 is 0 Å². The Bertz CT molecular complexity index is 1460. The summed E-state index contributed by atoms with van der Waals surface area (Å²) in [4.78, 5) is 16.7. The van der Waals surface area contributed by atoms with Crippen LogP contribution in [-0.4, -0.2) is 36.6 Å². The molecule has 0 saturated carbocycles. The predicted molar refractivity (Wildman–Crippen MR) is 135 cm³/mol. The Labute approximate surface area is 213 Å². The van der Waals surface area contributed by atoms with E-state index in [0.29, 0.717) is 18.7 Å². The molecule has 1 unspecified atom stereocenters. The van der Waals surface area contributed by atoms with Gasteiger partial charge in [0.1, 0.15) is 11.6 Å². The van der Waals surface area contributed by atoms with Crippen molar-refractivity contribution in [2.45, 2.75) is 30.8 Å². The van der Waals surface area contributed by atoms with E-state index in [9.17, 15) is 17.6 Å². The summed E-state index contributed by atoms with van der Waals surface area (Å²) in [6.07, 6.45) is 2.17. The lowest BCUT2D eigenvalue weighted by atomic mass is 9.90. The number of carbonyl (C=O) groups is 1. The fraction of sp³-hybridized carbons (Fsp3) is 0.222. The number of halogens is 1. The lowest BCUT2D eigenvalue weighted by molar-refractivity contribution is -0.133. The Morgan fingerprint density at radius 2 is 1.86 bits per heavy atom. The second kappa shape index (κ2) is 10.0. The van der Waals surface area contributed by atoms with Crippen molar-refractivity contribution in [2.24, 2.45) is 0 Å². The lowest BCUT2D eigenvalue weighted by Crippen LogP contribution is -2.46. The smallest absolute Gasteiger partial charge is 0.243 e. The Morgan fingerprint density at radius 3 is 2.58 bits per heavy atom. The summed E-state index contributed by atoms with van der Waals surface area (Å²) < 4.78 is 47.1. The molecule has 2 aromatic carbocycles. The summed E-state index contributed by atoms with van der Waals surface area (Å²) in [5.41, 5.74) is 3.16. The van der Waals surface area contributed by atoms with Gasteiger partial charge in [0.15, 0.2) is 0 Å². The zero-order valence-corrected chi connectivity index (χ0v) is 21.3. The van der Waals surface area contributed by atoms with Crippen LogP contribution in [0.1, 0.15) is 33.4 Å². The van der Waals surface area contributed by atoms with Crippen molar-refractivity contribution < 1.29 is 22.0 Å². The van der Waals surface area contributed by atoms with E-state index in [-0.39, 0.29) is 29.9 Å². The SMILES string of the molecule is Cc1ccccc1C1c2ccsc2CCN1C(=O)CN(Cc1ccco1)S(=O)(=O)c1ccc(F)cc1. The average Bonchev–Trinajstić information content (AvgIpc) is 3.56. The Morgan fingerprint density at radius 1 is 1.08 bits per heavy atom. The molecule has 0 fully saturated rings. The predicted octanol–water partition coefficient (Wildman–Crippen LogP) is 5.15. The van der Waals surface area contributed by atoms with E-state index in [1.165, 1.54) is 23.3 Å². The van der Waals surface area contributed by atoms with E-state index < -0.39 is 15.8 Å². The summed E-state index contributed by atoms with van der Waals surface area (Å²) >= 11 is 1.68. The second-order valence-corrected chi connectivity index (χ2v) is 11.6. The maximum Gasteiger partial charge on any atom is 0.243 e. The van der Waals surface area contributed by atoms with Gasteiger partial charge in [-0.15, -0.1) is 11.3 Å². The molecule has 9 heteroatoms. The maximum atomic E-state index is 13.8. The molecule has 0 radical (unpaired) electrons. The highest BCUT2D eigenvalue weighted by Crippen LogP contribution is 2.39. The molecule has 0 spiro atoms. The number of fused-ring (bicyclic) bond motifs is 1. The maximum absolute atomic E-state index is 13.8. The average molecular weight is 525 g/mol. The second-order valence-electron chi connectivity index (χ2n) is 8.70. The number of amides is 1. The number of hydrogen-bond acceptors (Lipinski definition) is 5. The molecule has 0 saturated heterocycles. The van der Waals surface area contributed by atoms with Gasteiger partial charge >= 0.3 is 0 Å². The highest BCUT2D eigenvalue weighted by molar-refractivity contribution is 7.89. The zero-order chi connectivity index (χ0) is 25.3. The van der Waals surface area contributed by atoms with Crippen molar-refractivity contribution in [1.29, 1.82) is 0 Å². The first-order valence-electron chi connectivity index (χ1n) is 11.5. The topological polar surface area (TPSA) is 70.8 Å². The third-order valence-electron chi connectivity index (χ3n) is 6.44. The van der Waals surface area contributed by atoms with Gasteiger partial charge in [0, 0.05) is 11.4 Å². The van der Waals surface area contributed by atoms with Crippen molar-refractivity contribution in [2.75, 3.05) is 13.1 Å². The number of rotatable bonds is 7. The van der Waals surface area contributed by atoms with Gasteiger partial charge in [0.05, 0.1) is 30.3 Å². The number of nitrogens with zero attached hydrogens (tertiary/aromatic N) is 2. The van der Waals surface area contributed by atoms with E-state index in [1.54, 1.807) is 28.4 Å². The van der Waals surface area contributed by atoms with Crippen LogP contribution in [0.25, 0.3) is 0 Å². The van der Waals surface area contributed by atoms with Gasteiger partial charge in [-0.25, -0.2) is 12.8 Å². The van der Waals surface area contributed by atoms with Gasteiger partial charge in [-0.05, 0) is 77.9 Å². The molecule has 1 aliphatic rings. The number of furan rings is 1. The molecule has 1 atom stereocenters. The van der Waals surface area contributed by atoms with Crippen LogP contribution in [0.5, 0.6) is 0 Å². The van der Waals surface area contributed by atoms with E-state index in [2.05, 4.69) is 0 Å². The molecule has 3 heterocycles. The summed E-state index contributed by atoms with van der Waals surface area (Å²) in [7, 11) is -4.11. The molecule has 1 amide bonds. The Kier molecular flexibility index (Phi) is 6.79. The van der Waals surface area contributed by atoms with Gasteiger partial charge in [-0.1, -0.05) is 24.3 Å². The van der Waals surface area contributed by atoms with Crippen molar-refractivity contribution >= 4 is 27.3 Å². The Balaban J connectivity index is 1.50. The molecule has 36 heavy (non-hydrogen) atoms. The minimum Gasteiger partial charge on any atom is -0.468 e. The van der Waals surface area contributed by atoms with Crippen LogP contribution in [0, 0.1) is 12.7 Å². The van der Waals surface area contributed by atoms with Crippen LogP contribution in [-0.2, 0) is 27.8 Å². The number of thiophene rings is 1. The molecule has 0 bridgehead atoms. The summed E-state index contributed by atoms with van der Waals surface area (Å²) in [6.45, 7) is 2.00. The van der Waals surface area contributed by atoms with Gasteiger partial charge in [-0.2, -0.15) is 4.31 Å². The molecule has 4 aromatic rings. The van der Waals surface area contributed by atoms with E-state index in [1.807, 2.05) is 42.6 Å². The minimum atomic E-state index is -4.11. The lowest BCUT2D eigenvalue weighted by Gasteiger charge is -2.38. The van der Waals surface area contributed by atoms with Crippen molar-refractivity contribution in [3.8, 4) is 0 Å². The molecule has 1 aliphatic heterocycles. The monoisotopic (exact) mass is 524 g/mol. The van der Waals surface area contributed by atoms with Crippen LogP contribution in [0.3, 0.4) is 0 Å². The van der Waals surface area contributed by atoms with Gasteiger partial charge in [0.2, 0.25) is 15.9 Å². The van der Waals surface area contributed by atoms with Crippen molar-refractivity contribution in [3.05, 3.63) is 112 Å². The largest absolute Gasteiger partial charge is 0.468 e. The molecule has 2 aromatic heterocycles. The van der Waals surface area contributed by atoms with Gasteiger partial charge < -0.3 is 9.32 Å². The first kappa shape index (κ1) is 24.4. The Hall–Kier alpha value is -3.27. The fourth-order valence-corrected chi connectivity index (χ4v) is 6.87. The van der Waals surface area contributed by atoms with Crippen molar-refractivity contribution in [3.63, 3.8) is 0 Å². The summed E-state index contributed by atoms with van der Waals surface area (Å²) in [6, 6.07) is 17.6. The molecule has 6 nitrogen and oxygen atoms in total. The first-order chi connectivity index (χ1) is 17.3.